The summed E-state index contributed by atoms with van der Waals surface area (Å²) < 4.78 is 13.2. The first-order valence-electron chi connectivity index (χ1n) is 9.39. The molecule has 0 bridgehead atoms. The lowest BCUT2D eigenvalue weighted by atomic mass is 9.85. The number of primary amides is 1. The number of nitrogens with two attached hydrogens (primary N) is 1. The van der Waals surface area contributed by atoms with Gasteiger partial charge in [0.15, 0.2) is 5.96 Å². The molecule has 2 rings (SSSR count). The molecule has 0 aromatic heterocycles. The zero-order valence-corrected chi connectivity index (χ0v) is 18.8. The first-order valence-corrected chi connectivity index (χ1v) is 9.39. The van der Waals surface area contributed by atoms with Crippen LogP contribution in [0.1, 0.15) is 45.6 Å². The van der Waals surface area contributed by atoms with Crippen LogP contribution in [0.2, 0.25) is 0 Å². The maximum atomic E-state index is 13.2. The molecule has 0 radical (unpaired) electrons. The number of aliphatic imine (C=N–C) groups is 1. The number of amides is 1. The van der Waals surface area contributed by atoms with E-state index in [-0.39, 0.29) is 47.0 Å². The summed E-state index contributed by atoms with van der Waals surface area (Å²) in [5, 5.41) is 3.36. The third-order valence-corrected chi connectivity index (χ3v) is 4.89. The highest BCUT2D eigenvalue weighted by Gasteiger charge is 2.25. The smallest absolute Gasteiger partial charge is 0.217 e. The summed E-state index contributed by atoms with van der Waals surface area (Å²) in [6.45, 7) is 9.37. The van der Waals surface area contributed by atoms with Crippen LogP contribution >= 0.6 is 24.0 Å². The van der Waals surface area contributed by atoms with Crippen molar-refractivity contribution in [1.82, 2.24) is 10.2 Å². The van der Waals surface area contributed by atoms with Crippen molar-refractivity contribution in [2.45, 2.75) is 45.4 Å². The van der Waals surface area contributed by atoms with E-state index in [0.29, 0.717) is 13.0 Å². The van der Waals surface area contributed by atoms with E-state index in [1.54, 1.807) is 0 Å². The standard InChI is InChI=1S/C20H31FN4O.HI/c1-4-23-19(25-11-5-6-15(13-25)12-18(22)26)24-14-20(2,3)16-7-9-17(21)10-8-16;/h7-10,15H,4-6,11-14H2,1-3H3,(H2,22,26)(H,23,24);1H. The number of piperidine rings is 1. The second kappa shape index (κ2) is 10.8. The molecule has 1 saturated heterocycles. The molecule has 1 aliphatic rings. The molecule has 3 N–H and O–H groups in total. The van der Waals surface area contributed by atoms with Crippen molar-refractivity contribution in [3.05, 3.63) is 35.6 Å². The Labute approximate surface area is 179 Å². The van der Waals surface area contributed by atoms with E-state index < -0.39 is 0 Å². The number of halogens is 2. The summed E-state index contributed by atoms with van der Waals surface area (Å²) in [6, 6.07) is 6.62. The minimum atomic E-state index is -0.240. The fourth-order valence-electron chi connectivity index (χ4n) is 3.40. The number of guanidine groups is 1. The van der Waals surface area contributed by atoms with Crippen LogP contribution in [0.3, 0.4) is 0 Å². The van der Waals surface area contributed by atoms with Crippen LogP contribution in [-0.2, 0) is 10.2 Å². The number of likely N-dealkylation sites (tertiary alicyclic amines) is 1. The van der Waals surface area contributed by atoms with Gasteiger partial charge in [-0.15, -0.1) is 24.0 Å². The maximum absolute atomic E-state index is 13.2. The summed E-state index contributed by atoms with van der Waals surface area (Å²) in [5.74, 6) is 0.693. The van der Waals surface area contributed by atoms with Crippen molar-refractivity contribution in [2.75, 3.05) is 26.2 Å². The molecule has 27 heavy (non-hydrogen) atoms. The van der Waals surface area contributed by atoms with Crippen LogP contribution in [0, 0.1) is 11.7 Å². The van der Waals surface area contributed by atoms with E-state index in [4.69, 9.17) is 10.7 Å². The molecule has 1 aromatic rings. The third kappa shape index (κ3) is 7.27. The first kappa shape index (κ1) is 23.7. The number of nitrogens with zero attached hydrogens (tertiary/aromatic N) is 2. The van der Waals surface area contributed by atoms with Gasteiger partial charge in [-0.25, -0.2) is 4.39 Å². The SMILES string of the molecule is CCNC(=NCC(C)(C)c1ccc(F)cc1)N1CCCC(CC(N)=O)C1.I. The van der Waals surface area contributed by atoms with E-state index in [0.717, 1.165) is 44.0 Å². The molecule has 1 aliphatic heterocycles. The number of carbonyl (C=O) groups excluding carboxylic acids is 1. The largest absolute Gasteiger partial charge is 0.370 e. The molecule has 1 heterocycles. The van der Waals surface area contributed by atoms with Gasteiger partial charge < -0.3 is 16.0 Å². The minimum Gasteiger partial charge on any atom is -0.370 e. The normalized spacial score (nSPS) is 18.0. The summed E-state index contributed by atoms with van der Waals surface area (Å²) in [7, 11) is 0. The number of nitrogens with one attached hydrogen (secondary N) is 1. The molecule has 7 heteroatoms. The van der Waals surface area contributed by atoms with Crippen molar-refractivity contribution < 1.29 is 9.18 Å². The fourth-order valence-corrected chi connectivity index (χ4v) is 3.40. The lowest BCUT2D eigenvalue weighted by Crippen LogP contribution is -2.47. The van der Waals surface area contributed by atoms with Gasteiger partial charge in [-0.05, 0) is 43.4 Å². The van der Waals surface area contributed by atoms with E-state index in [9.17, 15) is 9.18 Å². The monoisotopic (exact) mass is 490 g/mol. The quantitative estimate of drug-likeness (QED) is 0.366. The summed E-state index contributed by atoms with van der Waals surface area (Å²) >= 11 is 0. The average Bonchev–Trinajstić information content (AvgIpc) is 2.58. The maximum Gasteiger partial charge on any atom is 0.217 e. The molecule has 1 atom stereocenters. The Morgan fingerprint density at radius 3 is 2.63 bits per heavy atom. The molecule has 5 nitrogen and oxygen atoms in total. The molecule has 1 amide bonds. The molecule has 0 aliphatic carbocycles. The van der Waals surface area contributed by atoms with Crippen molar-refractivity contribution >= 4 is 35.8 Å². The van der Waals surface area contributed by atoms with Gasteiger partial charge >= 0.3 is 0 Å². The predicted molar refractivity (Wildman–Crippen MR) is 119 cm³/mol. The fraction of sp³-hybridized carbons (Fsp3) is 0.600. The Morgan fingerprint density at radius 1 is 1.37 bits per heavy atom. The Bertz CT molecular complexity index is 633. The van der Waals surface area contributed by atoms with E-state index >= 15 is 0 Å². The number of hydrogen-bond donors (Lipinski definition) is 2. The molecule has 1 unspecified atom stereocenters. The highest BCUT2D eigenvalue weighted by Crippen LogP contribution is 2.24. The highest BCUT2D eigenvalue weighted by molar-refractivity contribution is 14.0. The zero-order chi connectivity index (χ0) is 19.2. The van der Waals surface area contributed by atoms with Crippen LogP contribution in [0.25, 0.3) is 0 Å². The van der Waals surface area contributed by atoms with E-state index in [2.05, 4.69) is 24.1 Å². The highest BCUT2D eigenvalue weighted by atomic mass is 127. The van der Waals surface area contributed by atoms with Crippen LogP contribution in [-0.4, -0.2) is 42.9 Å². The Hall–Kier alpha value is -1.38. The predicted octanol–water partition coefficient (Wildman–Crippen LogP) is 3.27. The minimum absolute atomic E-state index is 0. The molecule has 0 saturated carbocycles. The van der Waals surface area contributed by atoms with Gasteiger partial charge in [-0.3, -0.25) is 9.79 Å². The van der Waals surface area contributed by atoms with Crippen molar-refractivity contribution in [2.24, 2.45) is 16.6 Å². The second-order valence-corrected chi connectivity index (χ2v) is 7.69. The van der Waals surface area contributed by atoms with Crippen LogP contribution in [0.5, 0.6) is 0 Å². The van der Waals surface area contributed by atoms with Crippen molar-refractivity contribution in [3.8, 4) is 0 Å². The average molecular weight is 490 g/mol. The van der Waals surface area contributed by atoms with Gasteiger partial charge in [-0.2, -0.15) is 0 Å². The topological polar surface area (TPSA) is 70.7 Å². The van der Waals surface area contributed by atoms with Crippen LogP contribution in [0.4, 0.5) is 4.39 Å². The van der Waals surface area contributed by atoms with Gasteiger partial charge in [-0.1, -0.05) is 26.0 Å². The molecule has 0 spiro atoms. The lowest BCUT2D eigenvalue weighted by Gasteiger charge is -2.35. The molecule has 1 fully saturated rings. The molecule has 1 aromatic carbocycles. The third-order valence-electron chi connectivity index (χ3n) is 4.89. The zero-order valence-electron chi connectivity index (χ0n) is 16.5. The number of hydrogen-bond acceptors (Lipinski definition) is 2. The number of benzene rings is 1. The summed E-state index contributed by atoms with van der Waals surface area (Å²) in [5.41, 5.74) is 6.23. The second-order valence-electron chi connectivity index (χ2n) is 7.69. The Kier molecular flexibility index (Phi) is 9.49. The molecular formula is C20H32FIN4O. The van der Waals surface area contributed by atoms with Crippen LogP contribution in [0.15, 0.2) is 29.3 Å². The van der Waals surface area contributed by atoms with Gasteiger partial charge in [0.1, 0.15) is 5.82 Å². The van der Waals surface area contributed by atoms with E-state index in [1.165, 1.54) is 12.1 Å². The van der Waals surface area contributed by atoms with Gasteiger partial charge in [0.2, 0.25) is 5.91 Å². The first-order chi connectivity index (χ1) is 12.3. The van der Waals surface area contributed by atoms with Gasteiger partial charge in [0.25, 0.3) is 0 Å². The Balaban J connectivity index is 0.00000364. The molecule has 152 valence electrons. The van der Waals surface area contributed by atoms with Crippen molar-refractivity contribution in [3.63, 3.8) is 0 Å². The number of carbonyl (C=O) groups is 1. The van der Waals surface area contributed by atoms with E-state index in [1.807, 2.05) is 19.1 Å². The number of rotatable bonds is 6. The summed E-state index contributed by atoms with van der Waals surface area (Å²) in [6.07, 6.45) is 2.49. The molecular weight excluding hydrogens is 458 g/mol. The van der Waals surface area contributed by atoms with Gasteiger partial charge in [0, 0.05) is 31.5 Å². The van der Waals surface area contributed by atoms with Crippen LogP contribution < -0.4 is 11.1 Å². The van der Waals surface area contributed by atoms with Gasteiger partial charge in [0.05, 0.1) is 6.54 Å². The summed E-state index contributed by atoms with van der Waals surface area (Å²) in [4.78, 5) is 18.3. The lowest BCUT2D eigenvalue weighted by molar-refractivity contribution is -0.119. The van der Waals surface area contributed by atoms with Crippen molar-refractivity contribution in [1.29, 1.82) is 0 Å². The Morgan fingerprint density at radius 2 is 2.04 bits per heavy atom.